The summed E-state index contributed by atoms with van der Waals surface area (Å²) in [5.41, 5.74) is 1.53. The molecule has 0 saturated heterocycles. The third-order valence-corrected chi connectivity index (χ3v) is 2.44. The van der Waals surface area contributed by atoms with Crippen molar-refractivity contribution in [1.29, 1.82) is 0 Å². The van der Waals surface area contributed by atoms with Crippen LogP contribution in [0.5, 0.6) is 0 Å². The number of aliphatic hydroxyl groups is 1. The normalized spacial score (nSPS) is 10.7. The number of carboxylic acids is 1. The Morgan fingerprint density at radius 3 is 2.82 bits per heavy atom. The van der Waals surface area contributed by atoms with Gasteiger partial charge in [-0.1, -0.05) is 0 Å². The maximum absolute atomic E-state index is 11.0. The molecule has 0 radical (unpaired) electrons. The molecule has 0 aliphatic heterocycles. The van der Waals surface area contributed by atoms with Crippen molar-refractivity contribution in [3.63, 3.8) is 0 Å². The lowest BCUT2D eigenvalue weighted by molar-refractivity contribution is 0.0681. The number of aromatic carboxylic acids is 1. The van der Waals surface area contributed by atoms with Gasteiger partial charge in [0.2, 0.25) is 0 Å². The molecular weight excluding hydrogens is 222 g/mol. The van der Waals surface area contributed by atoms with Gasteiger partial charge in [0.25, 0.3) is 0 Å². The van der Waals surface area contributed by atoms with E-state index in [9.17, 15) is 4.79 Å². The summed E-state index contributed by atoms with van der Waals surface area (Å²) in [4.78, 5) is 11.0. The maximum atomic E-state index is 11.0. The standard InChI is InChI=1S/C11H13N3O3/c1-13-3-2-8(7-13)9-6-10(11(16)17)14(12-9)4-5-15/h2-3,6-7,15H,4-5H2,1H3,(H,16,17). The van der Waals surface area contributed by atoms with E-state index in [1.54, 1.807) is 0 Å². The molecule has 0 fully saturated rings. The van der Waals surface area contributed by atoms with Crippen LogP contribution in [0.1, 0.15) is 10.5 Å². The Morgan fingerprint density at radius 2 is 2.29 bits per heavy atom. The van der Waals surface area contributed by atoms with Crippen molar-refractivity contribution in [2.24, 2.45) is 7.05 Å². The predicted molar refractivity (Wildman–Crippen MR) is 60.7 cm³/mol. The van der Waals surface area contributed by atoms with E-state index in [0.717, 1.165) is 5.56 Å². The number of rotatable bonds is 4. The minimum Gasteiger partial charge on any atom is -0.477 e. The van der Waals surface area contributed by atoms with Gasteiger partial charge in [-0.25, -0.2) is 4.79 Å². The molecule has 0 aliphatic rings. The zero-order valence-corrected chi connectivity index (χ0v) is 9.37. The molecule has 2 aromatic heterocycles. The molecule has 0 amide bonds. The van der Waals surface area contributed by atoms with Crippen molar-refractivity contribution in [3.8, 4) is 11.3 Å². The van der Waals surface area contributed by atoms with Gasteiger partial charge in [-0.3, -0.25) is 4.68 Å². The van der Waals surface area contributed by atoms with Gasteiger partial charge >= 0.3 is 5.97 Å². The first kappa shape index (κ1) is 11.4. The lowest BCUT2D eigenvalue weighted by Gasteiger charge is -1.99. The summed E-state index contributed by atoms with van der Waals surface area (Å²) < 4.78 is 3.16. The molecule has 2 N–H and O–H groups in total. The second kappa shape index (κ2) is 4.42. The molecule has 17 heavy (non-hydrogen) atoms. The fourth-order valence-electron chi connectivity index (χ4n) is 1.65. The maximum Gasteiger partial charge on any atom is 0.354 e. The molecule has 2 rings (SSSR count). The molecule has 0 unspecified atom stereocenters. The van der Waals surface area contributed by atoms with Crippen LogP contribution in [0.4, 0.5) is 0 Å². The van der Waals surface area contributed by atoms with Crippen LogP contribution in [0.2, 0.25) is 0 Å². The molecular formula is C11H13N3O3. The molecule has 0 aliphatic carbocycles. The highest BCUT2D eigenvalue weighted by atomic mass is 16.4. The molecule has 0 saturated carbocycles. The van der Waals surface area contributed by atoms with E-state index in [4.69, 9.17) is 10.2 Å². The van der Waals surface area contributed by atoms with Gasteiger partial charge < -0.3 is 14.8 Å². The third kappa shape index (κ3) is 2.21. The van der Waals surface area contributed by atoms with E-state index < -0.39 is 5.97 Å². The second-order valence-corrected chi connectivity index (χ2v) is 3.73. The lowest BCUT2D eigenvalue weighted by atomic mass is 10.2. The van der Waals surface area contributed by atoms with Crippen molar-refractivity contribution >= 4 is 5.97 Å². The molecule has 90 valence electrons. The van der Waals surface area contributed by atoms with Gasteiger partial charge in [-0.15, -0.1) is 0 Å². The average molecular weight is 235 g/mol. The number of aryl methyl sites for hydroxylation is 1. The molecule has 0 atom stereocenters. The SMILES string of the molecule is Cn1ccc(-c2cc(C(=O)O)n(CCO)n2)c1. The summed E-state index contributed by atoms with van der Waals surface area (Å²) >= 11 is 0. The van der Waals surface area contributed by atoms with Gasteiger partial charge in [-0.05, 0) is 12.1 Å². The summed E-state index contributed by atoms with van der Waals surface area (Å²) in [6, 6.07) is 3.37. The van der Waals surface area contributed by atoms with Gasteiger partial charge in [-0.2, -0.15) is 5.10 Å². The monoisotopic (exact) mass is 235 g/mol. The number of hydrogen-bond acceptors (Lipinski definition) is 3. The summed E-state index contributed by atoms with van der Waals surface area (Å²) in [6.07, 6.45) is 3.72. The lowest BCUT2D eigenvalue weighted by Crippen LogP contribution is -2.12. The van der Waals surface area contributed by atoms with Gasteiger partial charge in [0.05, 0.1) is 18.8 Å². The fraction of sp³-hybridized carbons (Fsp3) is 0.273. The average Bonchev–Trinajstić information content (AvgIpc) is 2.85. The van der Waals surface area contributed by atoms with Gasteiger partial charge in [0.15, 0.2) is 0 Å². The summed E-state index contributed by atoms with van der Waals surface area (Å²) in [7, 11) is 1.88. The first-order chi connectivity index (χ1) is 8.11. The highest BCUT2D eigenvalue weighted by Gasteiger charge is 2.15. The van der Waals surface area contributed by atoms with Crippen LogP contribution in [-0.4, -0.2) is 37.1 Å². The summed E-state index contributed by atoms with van der Waals surface area (Å²) in [5, 5.41) is 22.0. The van der Waals surface area contributed by atoms with Crippen molar-refractivity contribution in [1.82, 2.24) is 14.3 Å². The van der Waals surface area contributed by atoms with Crippen LogP contribution in [0, 0.1) is 0 Å². The van der Waals surface area contributed by atoms with Crippen molar-refractivity contribution in [2.75, 3.05) is 6.61 Å². The first-order valence-corrected chi connectivity index (χ1v) is 5.16. The van der Waals surface area contributed by atoms with Crippen LogP contribution in [-0.2, 0) is 13.6 Å². The van der Waals surface area contributed by atoms with Crippen LogP contribution in [0.15, 0.2) is 24.5 Å². The summed E-state index contributed by atoms with van der Waals surface area (Å²) in [6.45, 7) is 0.0324. The fourth-order valence-corrected chi connectivity index (χ4v) is 1.65. The Labute approximate surface area is 97.7 Å². The first-order valence-electron chi connectivity index (χ1n) is 5.16. The van der Waals surface area contributed by atoms with E-state index in [1.165, 1.54) is 10.7 Å². The minimum atomic E-state index is -1.05. The third-order valence-electron chi connectivity index (χ3n) is 2.44. The zero-order chi connectivity index (χ0) is 12.4. The van der Waals surface area contributed by atoms with Crippen LogP contribution in [0.3, 0.4) is 0 Å². The van der Waals surface area contributed by atoms with E-state index in [1.807, 2.05) is 30.1 Å². The highest BCUT2D eigenvalue weighted by Crippen LogP contribution is 2.19. The van der Waals surface area contributed by atoms with Crippen molar-refractivity contribution < 1.29 is 15.0 Å². The van der Waals surface area contributed by atoms with E-state index in [0.29, 0.717) is 5.69 Å². The number of aliphatic hydroxyl groups excluding tert-OH is 1. The molecule has 2 heterocycles. The van der Waals surface area contributed by atoms with E-state index >= 15 is 0 Å². The molecule has 6 nitrogen and oxygen atoms in total. The quantitative estimate of drug-likeness (QED) is 0.812. The number of carbonyl (C=O) groups is 1. The Bertz CT molecular complexity index is 542. The van der Waals surface area contributed by atoms with Crippen LogP contribution >= 0.6 is 0 Å². The number of aromatic nitrogens is 3. The molecule has 0 bridgehead atoms. The van der Waals surface area contributed by atoms with Gasteiger partial charge in [0, 0.05) is 25.0 Å². The second-order valence-electron chi connectivity index (χ2n) is 3.73. The van der Waals surface area contributed by atoms with Crippen LogP contribution < -0.4 is 0 Å². The minimum absolute atomic E-state index is 0.0814. The molecule has 0 spiro atoms. The largest absolute Gasteiger partial charge is 0.477 e. The Hall–Kier alpha value is -2.08. The predicted octanol–water partition coefficient (Wildman–Crippen LogP) is 0.579. The Morgan fingerprint density at radius 1 is 1.53 bits per heavy atom. The highest BCUT2D eigenvalue weighted by molar-refractivity contribution is 5.87. The zero-order valence-electron chi connectivity index (χ0n) is 9.37. The van der Waals surface area contributed by atoms with Crippen molar-refractivity contribution in [2.45, 2.75) is 6.54 Å². The van der Waals surface area contributed by atoms with Gasteiger partial charge in [0.1, 0.15) is 5.69 Å². The topological polar surface area (TPSA) is 80.3 Å². The summed E-state index contributed by atoms with van der Waals surface area (Å²) in [5.74, 6) is -1.05. The van der Waals surface area contributed by atoms with Crippen LogP contribution in [0.25, 0.3) is 11.3 Å². The molecule has 2 aromatic rings. The molecule has 0 aromatic carbocycles. The van der Waals surface area contributed by atoms with Crippen molar-refractivity contribution in [3.05, 3.63) is 30.2 Å². The Balaban J connectivity index is 2.43. The number of hydrogen-bond donors (Lipinski definition) is 2. The van der Waals surface area contributed by atoms with E-state index in [2.05, 4.69) is 5.10 Å². The molecule has 6 heteroatoms. The van der Waals surface area contributed by atoms with E-state index in [-0.39, 0.29) is 18.8 Å². The number of nitrogens with zero attached hydrogens (tertiary/aromatic N) is 3. The smallest absolute Gasteiger partial charge is 0.354 e. The Kier molecular flexibility index (Phi) is 2.97. The number of carboxylic acid groups (broad SMARTS) is 1.